The maximum Gasteiger partial charge on any atom is 0.229 e. The Morgan fingerprint density at radius 2 is 2.15 bits per heavy atom. The number of amides is 2. The highest BCUT2D eigenvalue weighted by atomic mass is 79.9. The predicted octanol–water partition coefficient (Wildman–Crippen LogP) is 3.98. The first-order valence-corrected chi connectivity index (χ1v) is 9.06. The number of nitrogens with zero attached hydrogens (tertiary/aromatic N) is 1. The molecule has 26 heavy (non-hydrogen) atoms. The molecule has 1 unspecified atom stereocenters. The molecular formula is C19H18BrFN2O3. The maximum absolute atomic E-state index is 13.9. The van der Waals surface area contributed by atoms with E-state index in [0.29, 0.717) is 18.8 Å². The Kier molecular flexibility index (Phi) is 5.56. The fourth-order valence-corrected chi connectivity index (χ4v) is 3.26. The Bertz CT molecular complexity index is 843. The minimum atomic E-state index is -0.539. The molecule has 0 aromatic heterocycles. The van der Waals surface area contributed by atoms with E-state index in [1.54, 1.807) is 17.9 Å². The van der Waals surface area contributed by atoms with Gasteiger partial charge in [0.1, 0.15) is 0 Å². The SMILES string of the molecule is CCOc1ccc(NC(=O)C2CC(=O)N(c3cccc(Br)c3)C2)cc1F. The van der Waals surface area contributed by atoms with Gasteiger partial charge in [-0.15, -0.1) is 0 Å². The quantitative estimate of drug-likeness (QED) is 0.795. The molecule has 1 saturated heterocycles. The second kappa shape index (κ2) is 7.86. The Morgan fingerprint density at radius 1 is 1.35 bits per heavy atom. The van der Waals surface area contributed by atoms with Crippen molar-refractivity contribution in [3.8, 4) is 5.75 Å². The normalized spacial score (nSPS) is 16.7. The Labute approximate surface area is 159 Å². The van der Waals surface area contributed by atoms with Crippen LogP contribution in [-0.4, -0.2) is 25.0 Å². The molecule has 7 heteroatoms. The molecule has 2 amide bonds. The third kappa shape index (κ3) is 4.04. The number of anilines is 2. The van der Waals surface area contributed by atoms with E-state index < -0.39 is 11.7 Å². The van der Waals surface area contributed by atoms with Crippen LogP contribution in [0.1, 0.15) is 13.3 Å². The van der Waals surface area contributed by atoms with Crippen molar-refractivity contribution in [2.75, 3.05) is 23.4 Å². The van der Waals surface area contributed by atoms with E-state index in [2.05, 4.69) is 21.2 Å². The Hall–Kier alpha value is -2.41. The number of ether oxygens (including phenoxy) is 1. The number of benzene rings is 2. The molecule has 1 N–H and O–H groups in total. The van der Waals surface area contributed by atoms with Crippen molar-refractivity contribution in [3.05, 3.63) is 52.8 Å². The standard InChI is InChI=1S/C19H18BrFN2O3/c1-2-26-17-7-6-14(10-16(17)21)22-19(25)12-8-18(24)23(11-12)15-5-3-4-13(20)9-15/h3-7,9-10,12H,2,8,11H2,1H3,(H,22,25). The van der Waals surface area contributed by atoms with E-state index in [0.717, 1.165) is 10.2 Å². The van der Waals surface area contributed by atoms with Crippen LogP contribution in [0, 0.1) is 11.7 Å². The summed E-state index contributed by atoms with van der Waals surface area (Å²) in [6.07, 6.45) is 0.123. The van der Waals surface area contributed by atoms with Crippen molar-refractivity contribution >= 4 is 39.1 Å². The van der Waals surface area contributed by atoms with Gasteiger partial charge >= 0.3 is 0 Å². The molecule has 1 aliphatic rings. The minimum Gasteiger partial charge on any atom is -0.491 e. The monoisotopic (exact) mass is 420 g/mol. The van der Waals surface area contributed by atoms with E-state index in [1.807, 2.05) is 24.3 Å². The molecule has 0 saturated carbocycles. The second-order valence-corrected chi connectivity index (χ2v) is 6.87. The van der Waals surface area contributed by atoms with Crippen LogP contribution in [0.25, 0.3) is 0 Å². The Morgan fingerprint density at radius 3 is 2.85 bits per heavy atom. The fraction of sp³-hybridized carbons (Fsp3) is 0.263. The van der Waals surface area contributed by atoms with Crippen LogP contribution in [0.2, 0.25) is 0 Å². The van der Waals surface area contributed by atoms with Crippen LogP contribution < -0.4 is 15.0 Å². The molecular weight excluding hydrogens is 403 g/mol. The number of halogens is 2. The van der Waals surface area contributed by atoms with Gasteiger partial charge < -0.3 is 15.0 Å². The highest BCUT2D eigenvalue weighted by molar-refractivity contribution is 9.10. The summed E-state index contributed by atoms with van der Waals surface area (Å²) < 4.78 is 19.9. The molecule has 2 aromatic rings. The zero-order chi connectivity index (χ0) is 18.7. The van der Waals surface area contributed by atoms with E-state index in [-0.39, 0.29) is 24.0 Å². The molecule has 0 spiro atoms. The first-order valence-electron chi connectivity index (χ1n) is 8.27. The summed E-state index contributed by atoms with van der Waals surface area (Å²) in [5, 5.41) is 2.68. The van der Waals surface area contributed by atoms with Crippen LogP contribution in [0.5, 0.6) is 5.75 Å². The molecule has 1 heterocycles. The summed E-state index contributed by atoms with van der Waals surface area (Å²) >= 11 is 3.38. The number of rotatable bonds is 5. The average molecular weight is 421 g/mol. The molecule has 0 radical (unpaired) electrons. The Balaban J connectivity index is 1.67. The molecule has 3 rings (SSSR count). The predicted molar refractivity (Wildman–Crippen MR) is 101 cm³/mol. The van der Waals surface area contributed by atoms with Gasteiger partial charge in [-0.2, -0.15) is 0 Å². The highest BCUT2D eigenvalue weighted by Crippen LogP contribution is 2.28. The fourth-order valence-electron chi connectivity index (χ4n) is 2.87. The molecule has 0 aliphatic carbocycles. The summed E-state index contributed by atoms with van der Waals surface area (Å²) in [5.41, 5.74) is 1.08. The van der Waals surface area contributed by atoms with Crippen LogP contribution in [-0.2, 0) is 9.59 Å². The summed E-state index contributed by atoms with van der Waals surface area (Å²) in [5.74, 6) is -1.30. The lowest BCUT2D eigenvalue weighted by molar-refractivity contribution is -0.122. The number of hydrogen-bond donors (Lipinski definition) is 1. The third-order valence-electron chi connectivity index (χ3n) is 4.11. The number of nitrogens with one attached hydrogen (secondary N) is 1. The van der Waals surface area contributed by atoms with Gasteiger partial charge in [-0.3, -0.25) is 9.59 Å². The first kappa shape index (κ1) is 18.4. The largest absolute Gasteiger partial charge is 0.491 e. The molecule has 1 atom stereocenters. The van der Waals surface area contributed by atoms with Crippen LogP contribution in [0.4, 0.5) is 15.8 Å². The van der Waals surface area contributed by atoms with Crippen LogP contribution >= 0.6 is 15.9 Å². The van der Waals surface area contributed by atoms with Crippen LogP contribution in [0.3, 0.4) is 0 Å². The van der Waals surface area contributed by atoms with E-state index in [4.69, 9.17) is 4.74 Å². The average Bonchev–Trinajstić information content (AvgIpc) is 2.99. The van der Waals surface area contributed by atoms with Crippen molar-refractivity contribution in [1.29, 1.82) is 0 Å². The van der Waals surface area contributed by atoms with Crippen LogP contribution in [0.15, 0.2) is 46.9 Å². The van der Waals surface area contributed by atoms with Gasteiger partial charge in [0.15, 0.2) is 11.6 Å². The van der Waals surface area contributed by atoms with Gasteiger partial charge in [0.2, 0.25) is 11.8 Å². The van der Waals surface area contributed by atoms with Crippen molar-refractivity contribution in [2.24, 2.45) is 5.92 Å². The van der Waals surface area contributed by atoms with Gasteiger partial charge in [-0.1, -0.05) is 22.0 Å². The lowest BCUT2D eigenvalue weighted by Gasteiger charge is -2.17. The van der Waals surface area contributed by atoms with Crippen molar-refractivity contribution in [3.63, 3.8) is 0 Å². The van der Waals surface area contributed by atoms with Crippen molar-refractivity contribution in [2.45, 2.75) is 13.3 Å². The van der Waals surface area contributed by atoms with Gasteiger partial charge in [0, 0.05) is 34.9 Å². The minimum absolute atomic E-state index is 0.110. The summed E-state index contributed by atoms with van der Waals surface area (Å²) in [7, 11) is 0. The van der Waals surface area contributed by atoms with E-state index in [1.165, 1.54) is 12.1 Å². The zero-order valence-electron chi connectivity index (χ0n) is 14.2. The molecule has 2 aromatic carbocycles. The van der Waals surface area contributed by atoms with Crippen molar-refractivity contribution < 1.29 is 18.7 Å². The summed E-state index contributed by atoms with van der Waals surface area (Å²) in [4.78, 5) is 26.3. The van der Waals surface area contributed by atoms with Crippen molar-refractivity contribution in [1.82, 2.24) is 0 Å². The van der Waals surface area contributed by atoms with Gasteiger partial charge in [-0.25, -0.2) is 4.39 Å². The molecule has 5 nitrogen and oxygen atoms in total. The molecule has 136 valence electrons. The number of carbonyl (C=O) groups is 2. The highest BCUT2D eigenvalue weighted by Gasteiger charge is 2.35. The zero-order valence-corrected chi connectivity index (χ0v) is 15.8. The second-order valence-electron chi connectivity index (χ2n) is 5.95. The smallest absolute Gasteiger partial charge is 0.229 e. The number of hydrogen-bond acceptors (Lipinski definition) is 3. The lowest BCUT2D eigenvalue weighted by Crippen LogP contribution is -2.28. The van der Waals surface area contributed by atoms with E-state index in [9.17, 15) is 14.0 Å². The summed E-state index contributed by atoms with van der Waals surface area (Å²) in [6, 6.07) is 11.6. The molecule has 1 aliphatic heterocycles. The molecule has 1 fully saturated rings. The maximum atomic E-state index is 13.9. The lowest BCUT2D eigenvalue weighted by atomic mass is 10.1. The topological polar surface area (TPSA) is 58.6 Å². The van der Waals surface area contributed by atoms with E-state index >= 15 is 0 Å². The third-order valence-corrected chi connectivity index (χ3v) is 4.61. The molecule has 0 bridgehead atoms. The van der Waals surface area contributed by atoms with Gasteiger partial charge in [0.05, 0.1) is 12.5 Å². The first-order chi connectivity index (χ1) is 12.5. The summed E-state index contributed by atoms with van der Waals surface area (Å²) in [6.45, 7) is 2.42. The van der Waals surface area contributed by atoms with Gasteiger partial charge in [0.25, 0.3) is 0 Å². The van der Waals surface area contributed by atoms with Gasteiger partial charge in [-0.05, 0) is 37.3 Å². The number of carbonyl (C=O) groups excluding carboxylic acids is 2.